The highest BCUT2D eigenvalue weighted by Gasteiger charge is 2.11. The van der Waals surface area contributed by atoms with Crippen molar-refractivity contribution in [2.45, 2.75) is 13.3 Å². The lowest BCUT2D eigenvalue weighted by atomic mass is 10.1. The average Bonchev–Trinajstić information content (AvgIpc) is 2.55. The lowest BCUT2D eigenvalue weighted by Gasteiger charge is -1.97. The first-order valence-corrected chi connectivity index (χ1v) is 5.09. The van der Waals surface area contributed by atoms with E-state index in [4.69, 9.17) is 5.73 Å². The van der Waals surface area contributed by atoms with Gasteiger partial charge in [0.15, 0.2) is 0 Å². The fourth-order valence-electron chi connectivity index (χ4n) is 1.96. The molecule has 3 N–H and O–H groups in total. The van der Waals surface area contributed by atoms with Gasteiger partial charge in [-0.3, -0.25) is 10.1 Å². The third kappa shape index (κ3) is 1.65. The molecular weight excluding hydrogens is 206 g/mol. The molecule has 0 amide bonds. The second kappa shape index (κ2) is 3.94. The molecule has 0 fully saturated rings. The molecule has 1 aromatic carbocycles. The van der Waals surface area contributed by atoms with E-state index in [0.29, 0.717) is 6.54 Å². The largest absolute Gasteiger partial charge is 0.358 e. The Labute approximate surface area is 92.4 Å². The van der Waals surface area contributed by atoms with Gasteiger partial charge in [0, 0.05) is 23.2 Å². The van der Waals surface area contributed by atoms with Crippen LogP contribution in [-0.2, 0) is 6.42 Å². The maximum atomic E-state index is 10.6. The predicted molar refractivity (Wildman–Crippen MR) is 62.4 cm³/mol. The van der Waals surface area contributed by atoms with Gasteiger partial charge in [0.25, 0.3) is 5.69 Å². The Kier molecular flexibility index (Phi) is 2.62. The Morgan fingerprint density at radius 3 is 2.88 bits per heavy atom. The second-order valence-electron chi connectivity index (χ2n) is 3.75. The highest BCUT2D eigenvalue weighted by atomic mass is 16.6. The van der Waals surface area contributed by atoms with E-state index in [2.05, 4.69) is 4.98 Å². The zero-order chi connectivity index (χ0) is 11.7. The van der Waals surface area contributed by atoms with Crippen molar-refractivity contribution in [3.05, 3.63) is 39.6 Å². The molecule has 0 radical (unpaired) electrons. The average molecular weight is 219 g/mol. The highest BCUT2D eigenvalue weighted by molar-refractivity contribution is 5.86. The first-order valence-electron chi connectivity index (χ1n) is 5.09. The molecule has 0 aliphatic heterocycles. The summed E-state index contributed by atoms with van der Waals surface area (Å²) in [5, 5.41) is 11.7. The highest BCUT2D eigenvalue weighted by Crippen LogP contribution is 2.25. The quantitative estimate of drug-likeness (QED) is 0.610. The Hall–Kier alpha value is -1.88. The van der Waals surface area contributed by atoms with Crippen LogP contribution in [0.4, 0.5) is 5.69 Å². The Morgan fingerprint density at radius 2 is 2.25 bits per heavy atom. The van der Waals surface area contributed by atoms with Crippen LogP contribution < -0.4 is 5.73 Å². The number of aromatic amines is 1. The van der Waals surface area contributed by atoms with Crippen molar-refractivity contribution in [2.24, 2.45) is 5.73 Å². The number of benzene rings is 1. The summed E-state index contributed by atoms with van der Waals surface area (Å²) in [6.07, 6.45) is 0.781. The fourth-order valence-corrected chi connectivity index (χ4v) is 1.96. The lowest BCUT2D eigenvalue weighted by molar-refractivity contribution is -0.384. The molecule has 0 bridgehead atoms. The fraction of sp³-hybridized carbons (Fsp3) is 0.273. The number of fused-ring (bicyclic) bond motifs is 1. The van der Waals surface area contributed by atoms with Gasteiger partial charge in [0.05, 0.1) is 10.4 Å². The van der Waals surface area contributed by atoms with Gasteiger partial charge in [-0.05, 0) is 31.5 Å². The molecular formula is C11H13N3O2. The first-order chi connectivity index (χ1) is 7.63. The van der Waals surface area contributed by atoms with Crippen LogP contribution in [0.3, 0.4) is 0 Å². The molecule has 84 valence electrons. The number of non-ortho nitro benzene ring substituents is 1. The SMILES string of the molecule is Cc1[nH]c2cc([N+](=O)[O-])ccc2c1CCN. The van der Waals surface area contributed by atoms with Gasteiger partial charge >= 0.3 is 0 Å². The van der Waals surface area contributed by atoms with Crippen molar-refractivity contribution in [3.8, 4) is 0 Å². The molecule has 1 aromatic heterocycles. The summed E-state index contributed by atoms with van der Waals surface area (Å²) in [4.78, 5) is 13.4. The maximum absolute atomic E-state index is 10.6. The van der Waals surface area contributed by atoms with Crippen molar-refractivity contribution in [3.63, 3.8) is 0 Å². The van der Waals surface area contributed by atoms with Gasteiger partial charge in [-0.2, -0.15) is 0 Å². The standard InChI is InChI=1S/C11H13N3O2/c1-7-9(4-5-12)10-3-2-8(14(15)16)6-11(10)13-7/h2-3,6,13H,4-5,12H2,1H3. The van der Waals surface area contributed by atoms with Crippen molar-refractivity contribution < 1.29 is 4.92 Å². The molecule has 2 rings (SSSR count). The number of hydrogen-bond acceptors (Lipinski definition) is 3. The van der Waals surface area contributed by atoms with E-state index in [1.807, 2.05) is 6.92 Å². The molecule has 0 saturated heterocycles. The summed E-state index contributed by atoms with van der Waals surface area (Å²) in [6.45, 7) is 2.53. The van der Waals surface area contributed by atoms with Crippen molar-refractivity contribution in [1.82, 2.24) is 4.98 Å². The van der Waals surface area contributed by atoms with Crippen LogP contribution in [0.1, 0.15) is 11.3 Å². The van der Waals surface area contributed by atoms with Crippen LogP contribution >= 0.6 is 0 Å². The molecule has 0 unspecified atom stereocenters. The van der Waals surface area contributed by atoms with Crippen LogP contribution in [0.2, 0.25) is 0 Å². The molecule has 1 heterocycles. The molecule has 16 heavy (non-hydrogen) atoms. The Morgan fingerprint density at radius 1 is 1.50 bits per heavy atom. The van der Waals surface area contributed by atoms with Gasteiger partial charge in [0.1, 0.15) is 0 Å². The van der Waals surface area contributed by atoms with E-state index in [1.54, 1.807) is 12.1 Å². The van der Waals surface area contributed by atoms with E-state index >= 15 is 0 Å². The number of nitro benzene ring substituents is 1. The van der Waals surface area contributed by atoms with E-state index in [-0.39, 0.29) is 5.69 Å². The summed E-state index contributed by atoms with van der Waals surface area (Å²) in [6, 6.07) is 4.86. The van der Waals surface area contributed by atoms with Crippen molar-refractivity contribution in [2.75, 3.05) is 6.54 Å². The minimum Gasteiger partial charge on any atom is -0.358 e. The number of nitrogens with one attached hydrogen (secondary N) is 1. The van der Waals surface area contributed by atoms with E-state index in [1.165, 1.54) is 6.07 Å². The van der Waals surface area contributed by atoms with E-state index in [0.717, 1.165) is 28.6 Å². The van der Waals surface area contributed by atoms with Crippen molar-refractivity contribution in [1.29, 1.82) is 0 Å². The number of nitrogens with zero attached hydrogens (tertiary/aromatic N) is 1. The Bertz CT molecular complexity index is 545. The molecule has 0 atom stereocenters. The number of nitrogens with two attached hydrogens (primary N) is 1. The normalized spacial score (nSPS) is 10.9. The topological polar surface area (TPSA) is 84.9 Å². The van der Waals surface area contributed by atoms with Gasteiger partial charge in [-0.25, -0.2) is 0 Å². The molecule has 0 spiro atoms. The maximum Gasteiger partial charge on any atom is 0.271 e. The van der Waals surface area contributed by atoms with Crippen LogP contribution in [0, 0.1) is 17.0 Å². The zero-order valence-electron chi connectivity index (χ0n) is 8.99. The number of aryl methyl sites for hydroxylation is 1. The summed E-state index contributed by atoms with van der Waals surface area (Å²) >= 11 is 0. The van der Waals surface area contributed by atoms with Crippen LogP contribution in [0.15, 0.2) is 18.2 Å². The van der Waals surface area contributed by atoms with Crippen LogP contribution in [0.25, 0.3) is 10.9 Å². The lowest BCUT2D eigenvalue weighted by Crippen LogP contribution is -2.03. The minimum atomic E-state index is -0.391. The van der Waals surface area contributed by atoms with Gasteiger partial charge in [-0.1, -0.05) is 0 Å². The van der Waals surface area contributed by atoms with Gasteiger partial charge < -0.3 is 10.7 Å². The van der Waals surface area contributed by atoms with Gasteiger partial charge in [0.2, 0.25) is 0 Å². The van der Waals surface area contributed by atoms with Gasteiger partial charge in [-0.15, -0.1) is 0 Å². The third-order valence-corrected chi connectivity index (χ3v) is 2.71. The summed E-state index contributed by atoms with van der Waals surface area (Å²) in [7, 11) is 0. The monoisotopic (exact) mass is 219 g/mol. The number of aromatic nitrogens is 1. The number of rotatable bonds is 3. The smallest absolute Gasteiger partial charge is 0.271 e. The molecule has 0 saturated carbocycles. The van der Waals surface area contributed by atoms with Crippen LogP contribution in [0.5, 0.6) is 0 Å². The number of H-pyrrole nitrogens is 1. The molecule has 0 aliphatic carbocycles. The molecule has 2 aromatic rings. The second-order valence-corrected chi connectivity index (χ2v) is 3.75. The minimum absolute atomic E-state index is 0.105. The number of nitro groups is 1. The predicted octanol–water partition coefficient (Wildman–Crippen LogP) is 1.89. The van der Waals surface area contributed by atoms with Crippen molar-refractivity contribution >= 4 is 16.6 Å². The van der Waals surface area contributed by atoms with Crippen LogP contribution in [-0.4, -0.2) is 16.5 Å². The third-order valence-electron chi connectivity index (χ3n) is 2.71. The first kappa shape index (κ1) is 10.6. The zero-order valence-corrected chi connectivity index (χ0v) is 8.99. The summed E-state index contributed by atoms with van der Waals surface area (Å²) < 4.78 is 0. The summed E-state index contributed by atoms with van der Waals surface area (Å²) in [5.74, 6) is 0. The summed E-state index contributed by atoms with van der Waals surface area (Å²) in [5.41, 5.74) is 8.62. The molecule has 5 heteroatoms. The Balaban J connectivity index is 2.60. The van der Waals surface area contributed by atoms with E-state index < -0.39 is 4.92 Å². The molecule has 0 aliphatic rings. The number of hydrogen-bond donors (Lipinski definition) is 2. The van der Waals surface area contributed by atoms with E-state index in [9.17, 15) is 10.1 Å². The molecule has 5 nitrogen and oxygen atoms in total.